The van der Waals surface area contributed by atoms with Crippen LogP contribution in [0.4, 0.5) is 11.4 Å². The summed E-state index contributed by atoms with van der Waals surface area (Å²) >= 11 is 0. The number of rotatable bonds is 3. The molecule has 1 amide bonds. The van der Waals surface area contributed by atoms with Crippen molar-refractivity contribution in [3.8, 4) is 0 Å². The van der Waals surface area contributed by atoms with Crippen LogP contribution in [0.3, 0.4) is 0 Å². The van der Waals surface area contributed by atoms with E-state index in [2.05, 4.69) is 4.90 Å². The summed E-state index contributed by atoms with van der Waals surface area (Å²) < 4.78 is 11.4. The molecule has 8 heteroatoms. The van der Waals surface area contributed by atoms with E-state index in [4.69, 9.17) is 9.47 Å². The Morgan fingerprint density at radius 3 is 2.69 bits per heavy atom. The summed E-state index contributed by atoms with van der Waals surface area (Å²) in [6.07, 6.45) is 2.74. The number of nitrogens with zero attached hydrogens (tertiary/aromatic N) is 3. The minimum Gasteiger partial charge on any atom is -0.378 e. The Balaban J connectivity index is 1.63. The molecule has 3 aliphatic heterocycles. The fraction of sp³-hybridized carbons (Fsp3) is 0.611. The Hall–Kier alpha value is -2.19. The zero-order valence-electron chi connectivity index (χ0n) is 14.7. The average molecular weight is 361 g/mol. The summed E-state index contributed by atoms with van der Waals surface area (Å²) in [7, 11) is 0. The second kappa shape index (κ2) is 6.85. The van der Waals surface area contributed by atoms with Crippen molar-refractivity contribution in [1.29, 1.82) is 0 Å². The van der Waals surface area contributed by atoms with Crippen LogP contribution in [0.1, 0.15) is 29.6 Å². The first kappa shape index (κ1) is 17.2. The van der Waals surface area contributed by atoms with Crippen LogP contribution in [0.15, 0.2) is 18.2 Å². The van der Waals surface area contributed by atoms with E-state index in [0.29, 0.717) is 46.0 Å². The van der Waals surface area contributed by atoms with E-state index in [1.807, 2.05) is 0 Å². The van der Waals surface area contributed by atoms with Crippen LogP contribution in [-0.4, -0.2) is 67.3 Å². The molecule has 8 nitrogen and oxygen atoms in total. The molecule has 0 aromatic heterocycles. The Morgan fingerprint density at radius 2 is 2.00 bits per heavy atom. The molecule has 4 rings (SSSR count). The van der Waals surface area contributed by atoms with Gasteiger partial charge in [-0.3, -0.25) is 14.9 Å². The minimum absolute atomic E-state index is 0.127. The third kappa shape index (κ3) is 3.14. The minimum atomic E-state index is -0.474. The third-order valence-electron chi connectivity index (χ3n) is 5.48. The number of carbonyl (C=O) groups excluding carboxylic acids is 1. The van der Waals surface area contributed by atoms with E-state index in [0.717, 1.165) is 24.9 Å². The van der Waals surface area contributed by atoms with Crippen LogP contribution in [0, 0.1) is 10.1 Å². The van der Waals surface area contributed by atoms with Crippen LogP contribution >= 0.6 is 0 Å². The molecule has 26 heavy (non-hydrogen) atoms. The predicted octanol–water partition coefficient (Wildman–Crippen LogP) is 1.83. The van der Waals surface area contributed by atoms with Crippen molar-refractivity contribution in [3.63, 3.8) is 0 Å². The number of amides is 1. The topological polar surface area (TPSA) is 85.1 Å². The maximum Gasteiger partial charge on any atom is 0.282 e. The maximum absolute atomic E-state index is 12.8. The lowest BCUT2D eigenvalue weighted by Gasteiger charge is -2.40. The number of ether oxygens (including phenoxy) is 2. The lowest BCUT2D eigenvalue weighted by Crippen LogP contribution is -2.52. The molecule has 1 atom stereocenters. The van der Waals surface area contributed by atoms with Gasteiger partial charge in [0, 0.05) is 51.0 Å². The molecule has 3 heterocycles. The summed E-state index contributed by atoms with van der Waals surface area (Å²) in [5.74, 6) is -0.247. The van der Waals surface area contributed by atoms with E-state index in [1.54, 1.807) is 17.0 Å². The van der Waals surface area contributed by atoms with Gasteiger partial charge in [0.2, 0.25) is 0 Å². The van der Waals surface area contributed by atoms with Crippen LogP contribution in [0.2, 0.25) is 0 Å². The zero-order chi connectivity index (χ0) is 18.1. The van der Waals surface area contributed by atoms with Gasteiger partial charge < -0.3 is 19.3 Å². The Bertz CT molecular complexity index is 711. The van der Waals surface area contributed by atoms with E-state index >= 15 is 0 Å². The van der Waals surface area contributed by atoms with Gasteiger partial charge in [-0.25, -0.2) is 0 Å². The standard InChI is InChI=1S/C18H23N3O5/c22-17(19-6-1-2-7-19)15-11-14(3-4-16(15)21(23)24)20-8-10-26-18(12-20)5-9-25-13-18/h3-4,11H,1-2,5-10,12-13H2. The molecule has 0 radical (unpaired) electrons. The van der Waals surface area contributed by atoms with Gasteiger partial charge in [0.05, 0.1) is 18.1 Å². The van der Waals surface area contributed by atoms with Crippen molar-refractivity contribution < 1.29 is 19.2 Å². The summed E-state index contributed by atoms with van der Waals surface area (Å²) in [5.41, 5.74) is 0.572. The smallest absolute Gasteiger partial charge is 0.282 e. The number of hydrogen-bond donors (Lipinski definition) is 0. The van der Waals surface area contributed by atoms with Crippen LogP contribution in [0.25, 0.3) is 0 Å². The monoisotopic (exact) mass is 361 g/mol. The summed E-state index contributed by atoms with van der Waals surface area (Å²) in [4.78, 5) is 27.6. The predicted molar refractivity (Wildman–Crippen MR) is 94.6 cm³/mol. The van der Waals surface area contributed by atoms with Crippen LogP contribution in [0.5, 0.6) is 0 Å². The Kier molecular flexibility index (Phi) is 4.54. The largest absolute Gasteiger partial charge is 0.378 e. The molecular formula is C18H23N3O5. The van der Waals surface area contributed by atoms with Gasteiger partial charge in [0.1, 0.15) is 11.2 Å². The normalized spacial score (nSPS) is 25.8. The maximum atomic E-state index is 12.8. The van der Waals surface area contributed by atoms with Crippen molar-refractivity contribution in [2.45, 2.75) is 24.9 Å². The molecule has 140 valence electrons. The third-order valence-corrected chi connectivity index (χ3v) is 5.48. The van der Waals surface area contributed by atoms with Gasteiger partial charge in [0.15, 0.2) is 0 Å². The molecule has 0 N–H and O–H groups in total. The number of morpholine rings is 1. The van der Waals surface area contributed by atoms with Gasteiger partial charge >= 0.3 is 0 Å². The Labute approximate surface area is 151 Å². The molecule has 0 saturated carbocycles. The lowest BCUT2D eigenvalue weighted by atomic mass is 10.00. The van der Waals surface area contributed by atoms with E-state index in [-0.39, 0.29) is 22.8 Å². The highest BCUT2D eigenvalue weighted by Gasteiger charge is 2.41. The quantitative estimate of drug-likeness (QED) is 0.603. The number of anilines is 1. The number of benzene rings is 1. The highest BCUT2D eigenvalue weighted by molar-refractivity contribution is 5.99. The number of carbonyl (C=O) groups is 1. The van der Waals surface area contributed by atoms with Crippen molar-refractivity contribution >= 4 is 17.3 Å². The molecule has 0 bridgehead atoms. The molecule has 1 aromatic rings. The number of nitro groups is 1. The molecule has 3 aliphatic rings. The fourth-order valence-electron chi connectivity index (χ4n) is 4.03. The van der Waals surface area contributed by atoms with E-state index in [1.165, 1.54) is 6.07 Å². The van der Waals surface area contributed by atoms with Gasteiger partial charge in [-0.05, 0) is 25.0 Å². The van der Waals surface area contributed by atoms with Gasteiger partial charge in [0.25, 0.3) is 11.6 Å². The summed E-state index contributed by atoms with van der Waals surface area (Å²) in [6.45, 7) is 4.52. The second-order valence-electron chi connectivity index (χ2n) is 7.21. The first-order chi connectivity index (χ1) is 12.6. The second-order valence-corrected chi connectivity index (χ2v) is 7.21. The van der Waals surface area contributed by atoms with Gasteiger partial charge in [-0.2, -0.15) is 0 Å². The zero-order valence-corrected chi connectivity index (χ0v) is 14.7. The SMILES string of the molecule is O=C(c1cc(N2CCOC3(CCOC3)C2)ccc1[N+](=O)[O-])N1CCCC1. The molecule has 3 saturated heterocycles. The van der Waals surface area contributed by atoms with Crippen molar-refractivity contribution in [2.24, 2.45) is 0 Å². The number of likely N-dealkylation sites (tertiary alicyclic amines) is 1. The Morgan fingerprint density at radius 1 is 1.19 bits per heavy atom. The lowest BCUT2D eigenvalue weighted by molar-refractivity contribution is -0.385. The highest BCUT2D eigenvalue weighted by Crippen LogP contribution is 2.33. The van der Waals surface area contributed by atoms with Crippen molar-refractivity contribution in [3.05, 3.63) is 33.9 Å². The molecule has 3 fully saturated rings. The average Bonchev–Trinajstić information content (AvgIpc) is 3.33. The molecule has 1 unspecified atom stereocenters. The van der Waals surface area contributed by atoms with E-state index < -0.39 is 4.92 Å². The highest BCUT2D eigenvalue weighted by atomic mass is 16.6. The van der Waals surface area contributed by atoms with E-state index in [9.17, 15) is 14.9 Å². The van der Waals surface area contributed by atoms with Crippen molar-refractivity contribution in [1.82, 2.24) is 4.90 Å². The first-order valence-corrected chi connectivity index (χ1v) is 9.12. The van der Waals surface area contributed by atoms with Gasteiger partial charge in [-0.1, -0.05) is 0 Å². The van der Waals surface area contributed by atoms with Crippen LogP contribution in [-0.2, 0) is 9.47 Å². The summed E-state index contributed by atoms with van der Waals surface area (Å²) in [6, 6.07) is 4.85. The van der Waals surface area contributed by atoms with Crippen LogP contribution < -0.4 is 4.90 Å². The fourth-order valence-corrected chi connectivity index (χ4v) is 4.03. The van der Waals surface area contributed by atoms with Gasteiger partial charge in [-0.15, -0.1) is 0 Å². The molecule has 1 aromatic carbocycles. The first-order valence-electron chi connectivity index (χ1n) is 9.12. The molecule has 0 aliphatic carbocycles. The summed E-state index contributed by atoms with van der Waals surface area (Å²) in [5, 5.41) is 11.4. The number of nitro benzene ring substituents is 1. The van der Waals surface area contributed by atoms with Crippen molar-refractivity contribution in [2.75, 3.05) is 50.9 Å². The molecular weight excluding hydrogens is 338 g/mol. The molecule has 1 spiro atoms. The number of hydrogen-bond acceptors (Lipinski definition) is 6.